The fourth-order valence-electron chi connectivity index (χ4n) is 1.48. The fraction of sp³-hybridized carbons (Fsp3) is 0.455. The van der Waals surface area contributed by atoms with Crippen molar-refractivity contribution in [2.24, 2.45) is 0 Å². The van der Waals surface area contributed by atoms with E-state index < -0.39 is 0 Å². The second-order valence-corrected chi connectivity index (χ2v) is 3.53. The Hall–Kier alpha value is -1.38. The first-order valence-electron chi connectivity index (χ1n) is 5.02. The van der Waals surface area contributed by atoms with E-state index in [-0.39, 0.29) is 5.75 Å². The zero-order chi connectivity index (χ0) is 10.6. The van der Waals surface area contributed by atoms with Crippen LogP contribution in [0.5, 0.6) is 5.75 Å². The number of phenolic OH excluding ortho intramolecular Hbond substituents is 1. The van der Waals surface area contributed by atoms with Gasteiger partial charge in [-0.05, 0) is 25.0 Å². The molecule has 0 aromatic heterocycles. The lowest BCUT2D eigenvalue weighted by atomic mass is 10.0. The van der Waals surface area contributed by atoms with Crippen molar-refractivity contribution in [2.45, 2.75) is 32.6 Å². The van der Waals surface area contributed by atoms with Gasteiger partial charge in [0.1, 0.15) is 5.75 Å². The predicted molar refractivity (Wildman–Crippen MR) is 60.2 cm³/mol. The third-order valence-electron chi connectivity index (χ3n) is 2.38. The van der Waals surface area contributed by atoms with Gasteiger partial charge in [0.25, 0.3) is 0 Å². The molecule has 3 heteroatoms. The summed E-state index contributed by atoms with van der Waals surface area (Å²) in [5.74, 6) is 0.154. The smallest absolute Gasteiger partial charge is 0.143 e. The minimum atomic E-state index is 0.154. The highest BCUT2D eigenvalue weighted by atomic mass is 16.3. The second kappa shape index (κ2) is 4.74. The number of anilines is 2. The summed E-state index contributed by atoms with van der Waals surface area (Å²) in [6.45, 7) is 2.14. The van der Waals surface area contributed by atoms with Gasteiger partial charge in [-0.2, -0.15) is 0 Å². The van der Waals surface area contributed by atoms with Gasteiger partial charge in [0.15, 0.2) is 0 Å². The van der Waals surface area contributed by atoms with Crippen LogP contribution >= 0.6 is 0 Å². The maximum atomic E-state index is 9.67. The number of hydrogen-bond acceptors (Lipinski definition) is 3. The highest BCUT2D eigenvalue weighted by Crippen LogP contribution is 2.30. The third kappa shape index (κ3) is 2.31. The Morgan fingerprint density at radius 3 is 2.43 bits per heavy atom. The first-order valence-corrected chi connectivity index (χ1v) is 5.02. The Kier molecular flexibility index (Phi) is 3.63. The molecule has 1 rings (SSSR count). The average Bonchev–Trinajstić information content (AvgIpc) is 2.18. The number of rotatable bonds is 4. The molecular weight excluding hydrogens is 176 g/mol. The number of benzene rings is 1. The average molecular weight is 194 g/mol. The molecule has 0 saturated heterocycles. The van der Waals surface area contributed by atoms with Gasteiger partial charge in [0.2, 0.25) is 0 Å². The Bertz CT molecular complexity index is 310. The number of unbranched alkanes of at least 4 members (excludes halogenated alkanes) is 2. The van der Waals surface area contributed by atoms with E-state index in [1.807, 2.05) is 0 Å². The van der Waals surface area contributed by atoms with Crippen LogP contribution in [0.4, 0.5) is 11.4 Å². The molecule has 5 N–H and O–H groups in total. The molecule has 0 radical (unpaired) electrons. The highest BCUT2D eigenvalue weighted by molar-refractivity contribution is 5.65. The Labute approximate surface area is 84.7 Å². The molecule has 0 fully saturated rings. The van der Waals surface area contributed by atoms with E-state index in [0.29, 0.717) is 11.4 Å². The van der Waals surface area contributed by atoms with Crippen molar-refractivity contribution in [2.75, 3.05) is 11.5 Å². The Balaban J connectivity index is 2.79. The van der Waals surface area contributed by atoms with Gasteiger partial charge in [0, 0.05) is 11.3 Å². The van der Waals surface area contributed by atoms with Crippen molar-refractivity contribution in [3.8, 4) is 5.75 Å². The second-order valence-electron chi connectivity index (χ2n) is 3.53. The summed E-state index contributed by atoms with van der Waals surface area (Å²) in [5.41, 5.74) is 13.2. The zero-order valence-electron chi connectivity index (χ0n) is 8.59. The lowest BCUT2D eigenvalue weighted by Gasteiger charge is -2.09. The predicted octanol–water partition coefficient (Wildman–Crippen LogP) is 2.29. The van der Waals surface area contributed by atoms with Gasteiger partial charge in [-0.3, -0.25) is 0 Å². The molecule has 0 atom stereocenters. The van der Waals surface area contributed by atoms with E-state index in [4.69, 9.17) is 11.5 Å². The third-order valence-corrected chi connectivity index (χ3v) is 2.38. The summed E-state index contributed by atoms with van der Waals surface area (Å²) in [7, 11) is 0. The van der Waals surface area contributed by atoms with Crippen LogP contribution in [0.15, 0.2) is 12.1 Å². The van der Waals surface area contributed by atoms with E-state index in [1.54, 1.807) is 12.1 Å². The number of hydrogen-bond donors (Lipinski definition) is 3. The zero-order valence-corrected chi connectivity index (χ0v) is 8.59. The van der Waals surface area contributed by atoms with Crippen LogP contribution in [0.1, 0.15) is 31.7 Å². The molecule has 78 valence electrons. The van der Waals surface area contributed by atoms with Gasteiger partial charge in [-0.25, -0.2) is 0 Å². The molecule has 0 saturated carbocycles. The fourth-order valence-corrected chi connectivity index (χ4v) is 1.48. The van der Waals surface area contributed by atoms with Crippen LogP contribution in [-0.2, 0) is 6.42 Å². The van der Waals surface area contributed by atoms with Crippen molar-refractivity contribution in [3.05, 3.63) is 17.7 Å². The monoisotopic (exact) mass is 194 g/mol. The normalized spacial score (nSPS) is 10.4. The molecule has 0 bridgehead atoms. The Morgan fingerprint density at radius 2 is 1.79 bits per heavy atom. The van der Waals surface area contributed by atoms with E-state index in [2.05, 4.69) is 6.92 Å². The summed E-state index contributed by atoms with van der Waals surface area (Å²) in [6.07, 6.45) is 4.14. The molecule has 3 nitrogen and oxygen atoms in total. The molecule has 1 aromatic rings. The van der Waals surface area contributed by atoms with Crippen LogP contribution in [0, 0.1) is 0 Å². The topological polar surface area (TPSA) is 72.3 Å². The first-order chi connectivity index (χ1) is 6.66. The van der Waals surface area contributed by atoms with Crippen LogP contribution in [0.2, 0.25) is 0 Å². The quantitative estimate of drug-likeness (QED) is 0.391. The summed E-state index contributed by atoms with van der Waals surface area (Å²) >= 11 is 0. The van der Waals surface area contributed by atoms with Gasteiger partial charge < -0.3 is 16.6 Å². The Morgan fingerprint density at radius 1 is 1.14 bits per heavy atom. The van der Waals surface area contributed by atoms with E-state index >= 15 is 0 Å². The van der Waals surface area contributed by atoms with Crippen molar-refractivity contribution < 1.29 is 5.11 Å². The molecular formula is C11H18N2O. The van der Waals surface area contributed by atoms with Crippen molar-refractivity contribution >= 4 is 11.4 Å². The van der Waals surface area contributed by atoms with Crippen LogP contribution < -0.4 is 11.5 Å². The molecule has 1 aromatic carbocycles. The lowest BCUT2D eigenvalue weighted by Crippen LogP contribution is -1.98. The minimum absolute atomic E-state index is 0.154. The van der Waals surface area contributed by atoms with Crippen LogP contribution in [-0.4, -0.2) is 5.11 Å². The summed E-state index contributed by atoms with van der Waals surface area (Å²) in [5, 5.41) is 9.67. The van der Waals surface area contributed by atoms with Gasteiger partial charge in [-0.1, -0.05) is 19.8 Å². The minimum Gasteiger partial charge on any atom is -0.505 e. The van der Waals surface area contributed by atoms with Crippen molar-refractivity contribution in [1.29, 1.82) is 0 Å². The van der Waals surface area contributed by atoms with E-state index in [0.717, 1.165) is 31.2 Å². The largest absolute Gasteiger partial charge is 0.505 e. The first kappa shape index (κ1) is 10.7. The molecule has 14 heavy (non-hydrogen) atoms. The number of phenols is 1. The van der Waals surface area contributed by atoms with Gasteiger partial charge in [0.05, 0.1) is 5.69 Å². The van der Waals surface area contributed by atoms with Crippen LogP contribution in [0.3, 0.4) is 0 Å². The SMILES string of the molecule is CCCCCc1c(N)ccc(N)c1O. The molecule has 0 heterocycles. The summed E-state index contributed by atoms with van der Waals surface area (Å²) in [6, 6.07) is 3.38. The number of nitrogens with two attached hydrogens (primary N) is 2. The standard InChI is InChI=1S/C11H18N2O/c1-2-3-4-5-8-9(12)6-7-10(13)11(8)14/h6-7,14H,2-5,12-13H2,1H3. The van der Waals surface area contributed by atoms with Crippen molar-refractivity contribution in [1.82, 2.24) is 0 Å². The summed E-state index contributed by atoms with van der Waals surface area (Å²) in [4.78, 5) is 0. The maximum Gasteiger partial charge on any atom is 0.143 e. The molecule has 0 amide bonds. The molecule has 0 spiro atoms. The van der Waals surface area contributed by atoms with E-state index in [1.165, 1.54) is 0 Å². The summed E-state index contributed by atoms with van der Waals surface area (Å²) < 4.78 is 0. The van der Waals surface area contributed by atoms with Crippen molar-refractivity contribution in [3.63, 3.8) is 0 Å². The maximum absolute atomic E-state index is 9.67. The molecule has 0 aliphatic rings. The van der Waals surface area contributed by atoms with Gasteiger partial charge >= 0.3 is 0 Å². The van der Waals surface area contributed by atoms with E-state index in [9.17, 15) is 5.11 Å². The number of aromatic hydroxyl groups is 1. The van der Waals surface area contributed by atoms with Crippen LogP contribution in [0.25, 0.3) is 0 Å². The molecule has 0 aliphatic heterocycles. The molecule has 0 unspecified atom stereocenters. The van der Waals surface area contributed by atoms with Gasteiger partial charge in [-0.15, -0.1) is 0 Å². The molecule has 0 aliphatic carbocycles. The number of nitrogen functional groups attached to an aromatic ring is 2. The lowest BCUT2D eigenvalue weighted by molar-refractivity contribution is 0.470. The highest BCUT2D eigenvalue weighted by Gasteiger charge is 2.07.